The van der Waals surface area contributed by atoms with Gasteiger partial charge in [-0.2, -0.15) is 0 Å². The molecule has 28 heavy (non-hydrogen) atoms. The maximum atomic E-state index is 13.3. The summed E-state index contributed by atoms with van der Waals surface area (Å²) in [6.07, 6.45) is 0. The van der Waals surface area contributed by atoms with Gasteiger partial charge in [-0.1, -0.05) is 12.1 Å². The molecule has 1 aliphatic rings. The predicted octanol–water partition coefficient (Wildman–Crippen LogP) is 3.35. The third-order valence-electron chi connectivity index (χ3n) is 4.77. The lowest BCUT2D eigenvalue weighted by atomic mass is 10.1. The molecule has 0 saturated carbocycles. The van der Waals surface area contributed by atoms with Crippen molar-refractivity contribution in [2.45, 2.75) is 25.5 Å². The van der Waals surface area contributed by atoms with E-state index in [9.17, 15) is 17.6 Å². The largest absolute Gasteiger partial charge is 0.320 e. The average molecular weight is 399 g/mol. The van der Waals surface area contributed by atoms with Crippen molar-refractivity contribution in [3.8, 4) is 11.3 Å². The summed E-state index contributed by atoms with van der Waals surface area (Å²) in [5.41, 5.74) is 3.37. The van der Waals surface area contributed by atoms with Gasteiger partial charge in [0.2, 0.25) is 15.0 Å². The molecule has 4 rings (SSSR count). The van der Waals surface area contributed by atoms with E-state index in [1.807, 2.05) is 32.0 Å². The number of rotatable bonds is 3. The minimum Gasteiger partial charge on any atom is -0.320 e. The van der Waals surface area contributed by atoms with Gasteiger partial charge < -0.3 is 9.88 Å². The Labute approximate surface area is 162 Å². The molecule has 1 aliphatic heterocycles. The van der Waals surface area contributed by atoms with Gasteiger partial charge in [-0.15, -0.1) is 0 Å². The van der Waals surface area contributed by atoms with Gasteiger partial charge in [-0.3, -0.25) is 4.79 Å². The Bertz CT molecular complexity index is 1200. The highest BCUT2D eigenvalue weighted by Gasteiger charge is 2.35. The molecule has 0 unspecified atom stereocenters. The number of anilines is 1. The molecule has 2 aromatic carbocycles. The highest BCUT2D eigenvalue weighted by Crippen LogP contribution is 2.31. The van der Waals surface area contributed by atoms with Crippen LogP contribution in [0.3, 0.4) is 0 Å². The van der Waals surface area contributed by atoms with Crippen LogP contribution in [0.1, 0.15) is 21.6 Å². The molecule has 0 fully saturated rings. The van der Waals surface area contributed by atoms with E-state index in [0.29, 0.717) is 11.3 Å². The summed E-state index contributed by atoms with van der Waals surface area (Å²) < 4.78 is 39.4. The summed E-state index contributed by atoms with van der Waals surface area (Å²) >= 11 is 0. The lowest BCUT2D eigenvalue weighted by Crippen LogP contribution is -2.18. The van der Waals surface area contributed by atoms with E-state index >= 15 is 0 Å². The van der Waals surface area contributed by atoms with Crippen LogP contribution in [0, 0.1) is 19.7 Å². The van der Waals surface area contributed by atoms with Crippen LogP contribution in [-0.4, -0.2) is 29.6 Å². The number of nitrogens with zero attached hydrogens (tertiary/aromatic N) is 2. The number of benzene rings is 2. The lowest BCUT2D eigenvalue weighted by Gasteiger charge is -2.11. The molecule has 6 nitrogen and oxygen atoms in total. The van der Waals surface area contributed by atoms with Crippen molar-refractivity contribution >= 4 is 21.4 Å². The smallest absolute Gasteiger partial charge is 0.274 e. The molecule has 0 saturated heterocycles. The number of aromatic nitrogens is 2. The monoisotopic (exact) mass is 399 g/mol. The minimum absolute atomic E-state index is 0.0945. The summed E-state index contributed by atoms with van der Waals surface area (Å²) in [6, 6.07) is 11.2. The number of halogens is 1. The number of fused-ring (bicyclic) bond motifs is 1. The predicted molar refractivity (Wildman–Crippen MR) is 104 cm³/mol. The molecule has 8 heteroatoms. The number of hydrogen-bond acceptors (Lipinski definition) is 4. The minimum atomic E-state index is -3.55. The number of imidazole rings is 1. The molecule has 144 valence electrons. The maximum Gasteiger partial charge on any atom is 0.274 e. The van der Waals surface area contributed by atoms with Gasteiger partial charge in [0.05, 0.1) is 5.75 Å². The van der Waals surface area contributed by atoms with E-state index in [-0.39, 0.29) is 28.8 Å². The van der Waals surface area contributed by atoms with E-state index in [4.69, 9.17) is 0 Å². The second-order valence-electron chi connectivity index (χ2n) is 6.84. The molecule has 0 bridgehead atoms. The number of carbonyl (C=O) groups excluding carboxylic acids is 1. The van der Waals surface area contributed by atoms with E-state index < -0.39 is 21.6 Å². The fourth-order valence-electron chi connectivity index (χ4n) is 3.27. The maximum absolute atomic E-state index is 13.3. The number of carbonyl (C=O) groups is 1. The third-order valence-corrected chi connectivity index (χ3v) is 6.36. The molecule has 1 amide bonds. The Morgan fingerprint density at radius 2 is 1.86 bits per heavy atom. The van der Waals surface area contributed by atoms with E-state index in [2.05, 4.69) is 10.3 Å². The Morgan fingerprint density at radius 1 is 1.14 bits per heavy atom. The molecule has 3 aromatic rings. The molecule has 1 aromatic heterocycles. The van der Waals surface area contributed by atoms with Crippen LogP contribution in [0.25, 0.3) is 11.3 Å². The topological polar surface area (TPSA) is 81.1 Å². The van der Waals surface area contributed by atoms with E-state index in [1.54, 1.807) is 0 Å². The van der Waals surface area contributed by atoms with Crippen LogP contribution in [0.4, 0.5) is 10.1 Å². The first-order chi connectivity index (χ1) is 13.3. The summed E-state index contributed by atoms with van der Waals surface area (Å²) in [5, 5.41) is 2.74. The summed E-state index contributed by atoms with van der Waals surface area (Å²) in [4.78, 5) is 17.4. The van der Waals surface area contributed by atoms with Crippen molar-refractivity contribution in [1.29, 1.82) is 0 Å². The SMILES string of the molecule is Cc1ccc(C)c(NC(=O)c2c(-c3ccc(F)cc3)nc3n2CCS3(=O)=O)c1. The molecule has 0 spiro atoms. The third kappa shape index (κ3) is 3.09. The summed E-state index contributed by atoms with van der Waals surface area (Å²) in [6.45, 7) is 3.95. The Kier molecular flexibility index (Phi) is 4.30. The van der Waals surface area contributed by atoms with Crippen molar-refractivity contribution in [2.75, 3.05) is 11.1 Å². The van der Waals surface area contributed by atoms with Crippen LogP contribution < -0.4 is 5.32 Å². The molecule has 0 atom stereocenters. The molecular formula is C20H18FN3O3S. The average Bonchev–Trinajstić information content (AvgIpc) is 3.16. The highest BCUT2D eigenvalue weighted by molar-refractivity contribution is 7.91. The fraction of sp³-hybridized carbons (Fsp3) is 0.200. The quantitative estimate of drug-likeness (QED) is 0.732. The molecule has 0 radical (unpaired) electrons. The second kappa shape index (κ2) is 6.56. The Balaban J connectivity index is 1.84. The number of hydrogen-bond donors (Lipinski definition) is 1. The van der Waals surface area contributed by atoms with E-state index in [0.717, 1.165) is 11.1 Å². The second-order valence-corrected chi connectivity index (χ2v) is 8.84. The molecule has 2 heterocycles. The van der Waals surface area contributed by atoms with Gasteiger partial charge in [0.1, 0.15) is 17.2 Å². The van der Waals surface area contributed by atoms with Gasteiger partial charge in [-0.25, -0.2) is 17.8 Å². The number of nitrogens with one attached hydrogen (secondary N) is 1. The van der Waals surface area contributed by atoms with Crippen LogP contribution in [0.2, 0.25) is 0 Å². The standard InChI is InChI=1S/C20H18FN3O3S/c1-12-3-4-13(2)16(11-12)22-19(25)18-17(14-5-7-15(21)8-6-14)23-20-24(18)9-10-28(20,26)27/h3-8,11H,9-10H2,1-2H3,(H,22,25). The van der Waals surface area contributed by atoms with Crippen LogP contribution >= 0.6 is 0 Å². The van der Waals surface area contributed by atoms with Gasteiger partial charge in [0, 0.05) is 17.8 Å². The zero-order chi connectivity index (χ0) is 20.1. The van der Waals surface area contributed by atoms with Gasteiger partial charge in [-0.05, 0) is 55.3 Å². The van der Waals surface area contributed by atoms with Gasteiger partial charge in [0.15, 0.2) is 0 Å². The van der Waals surface area contributed by atoms with Crippen molar-refractivity contribution in [3.05, 3.63) is 65.1 Å². The molecule has 0 aliphatic carbocycles. The summed E-state index contributed by atoms with van der Waals surface area (Å²) in [5.74, 6) is -0.976. The Hall–Kier alpha value is -3.00. The molecular weight excluding hydrogens is 381 g/mol. The highest BCUT2D eigenvalue weighted by atomic mass is 32.2. The number of sulfone groups is 1. The van der Waals surface area contributed by atoms with Crippen molar-refractivity contribution in [3.63, 3.8) is 0 Å². The van der Waals surface area contributed by atoms with Gasteiger partial charge >= 0.3 is 0 Å². The first kappa shape index (κ1) is 18.4. The summed E-state index contributed by atoms with van der Waals surface area (Å²) in [7, 11) is -3.55. The van der Waals surface area contributed by atoms with Crippen molar-refractivity contribution < 1.29 is 17.6 Å². The van der Waals surface area contributed by atoms with Gasteiger partial charge in [0.25, 0.3) is 5.91 Å². The zero-order valence-electron chi connectivity index (χ0n) is 15.4. The van der Waals surface area contributed by atoms with E-state index in [1.165, 1.54) is 28.8 Å². The van der Waals surface area contributed by atoms with Crippen LogP contribution in [-0.2, 0) is 16.4 Å². The fourth-order valence-corrected chi connectivity index (χ4v) is 4.63. The number of amides is 1. The first-order valence-electron chi connectivity index (χ1n) is 8.74. The normalized spacial score (nSPS) is 14.7. The van der Waals surface area contributed by atoms with Crippen LogP contribution in [0.15, 0.2) is 47.6 Å². The first-order valence-corrected chi connectivity index (χ1v) is 10.4. The molecule has 1 N–H and O–H groups in total. The van der Waals surface area contributed by atoms with Crippen molar-refractivity contribution in [1.82, 2.24) is 9.55 Å². The Morgan fingerprint density at radius 3 is 2.57 bits per heavy atom. The lowest BCUT2D eigenvalue weighted by molar-refractivity contribution is 0.101. The van der Waals surface area contributed by atoms with Crippen molar-refractivity contribution in [2.24, 2.45) is 0 Å². The zero-order valence-corrected chi connectivity index (χ0v) is 16.2. The number of aryl methyl sites for hydroxylation is 2. The van der Waals surface area contributed by atoms with Crippen LogP contribution in [0.5, 0.6) is 0 Å².